The van der Waals surface area contributed by atoms with Crippen LogP contribution in [0.5, 0.6) is 0 Å². The molecule has 0 bridgehead atoms. The summed E-state index contributed by atoms with van der Waals surface area (Å²) in [5.74, 6) is 0.843. The van der Waals surface area contributed by atoms with Gasteiger partial charge in [0.05, 0.1) is 6.54 Å². The van der Waals surface area contributed by atoms with Gasteiger partial charge in [-0.05, 0) is 47.3 Å². The average molecular weight is 262 g/mol. The molecule has 1 aliphatic carbocycles. The van der Waals surface area contributed by atoms with Crippen LogP contribution in [-0.2, 0) is 6.54 Å². The van der Waals surface area contributed by atoms with Gasteiger partial charge in [-0.25, -0.2) is 4.39 Å². The molecule has 0 saturated heterocycles. The van der Waals surface area contributed by atoms with E-state index in [1.54, 1.807) is 0 Å². The van der Waals surface area contributed by atoms with E-state index in [9.17, 15) is 4.39 Å². The number of hydrogen-bond donors (Lipinski definition) is 1. The van der Waals surface area contributed by atoms with E-state index < -0.39 is 6.17 Å². The van der Waals surface area contributed by atoms with Crippen molar-refractivity contribution in [2.75, 3.05) is 0 Å². The Kier molecular flexibility index (Phi) is 3.23. The second-order valence-electron chi connectivity index (χ2n) is 3.64. The molecule has 2 atom stereocenters. The molecule has 0 aliphatic heterocycles. The van der Waals surface area contributed by atoms with Crippen LogP contribution in [0.1, 0.15) is 25.0 Å². The monoisotopic (exact) mass is 261 g/mol. The van der Waals surface area contributed by atoms with Crippen molar-refractivity contribution in [3.8, 4) is 0 Å². The number of furan rings is 1. The van der Waals surface area contributed by atoms with Crippen LogP contribution in [-0.4, -0.2) is 12.2 Å². The van der Waals surface area contributed by atoms with Crippen molar-refractivity contribution < 1.29 is 8.81 Å². The summed E-state index contributed by atoms with van der Waals surface area (Å²) in [5, 5.41) is 3.17. The Balaban J connectivity index is 1.82. The van der Waals surface area contributed by atoms with Gasteiger partial charge >= 0.3 is 0 Å². The Hall–Kier alpha value is -0.350. The fourth-order valence-corrected chi connectivity index (χ4v) is 2.16. The SMILES string of the molecule is FC1CCCC1NCc1ccc(Br)o1. The van der Waals surface area contributed by atoms with Gasteiger partial charge in [-0.3, -0.25) is 0 Å². The summed E-state index contributed by atoms with van der Waals surface area (Å²) in [6.45, 7) is 0.608. The molecule has 2 nitrogen and oxygen atoms in total. The minimum absolute atomic E-state index is 0.0128. The number of rotatable bonds is 3. The number of hydrogen-bond acceptors (Lipinski definition) is 2. The van der Waals surface area contributed by atoms with Crippen LogP contribution < -0.4 is 5.32 Å². The summed E-state index contributed by atoms with van der Waals surface area (Å²) in [6, 6.07) is 3.75. The van der Waals surface area contributed by atoms with Crippen molar-refractivity contribution >= 4 is 15.9 Å². The first-order chi connectivity index (χ1) is 6.75. The lowest BCUT2D eigenvalue weighted by Gasteiger charge is -2.13. The number of halogens is 2. The van der Waals surface area contributed by atoms with Gasteiger partial charge in [0.2, 0.25) is 0 Å². The summed E-state index contributed by atoms with van der Waals surface area (Å²) >= 11 is 3.23. The van der Waals surface area contributed by atoms with Gasteiger partial charge in [-0.2, -0.15) is 0 Å². The van der Waals surface area contributed by atoms with Gasteiger partial charge in [-0.15, -0.1) is 0 Å². The summed E-state index contributed by atoms with van der Waals surface area (Å²) in [6.07, 6.45) is 1.93. The van der Waals surface area contributed by atoms with Gasteiger partial charge in [0.15, 0.2) is 4.67 Å². The molecule has 1 N–H and O–H groups in total. The Labute approximate surface area is 91.0 Å². The zero-order chi connectivity index (χ0) is 9.97. The van der Waals surface area contributed by atoms with Crippen LogP contribution >= 0.6 is 15.9 Å². The van der Waals surface area contributed by atoms with Crippen LogP contribution in [0.2, 0.25) is 0 Å². The molecule has 1 aliphatic rings. The average Bonchev–Trinajstić information content (AvgIpc) is 2.72. The van der Waals surface area contributed by atoms with E-state index in [0.29, 0.717) is 13.0 Å². The van der Waals surface area contributed by atoms with Crippen LogP contribution in [0, 0.1) is 0 Å². The van der Waals surface area contributed by atoms with Crippen molar-refractivity contribution in [3.63, 3.8) is 0 Å². The molecule has 0 spiro atoms. The summed E-state index contributed by atoms with van der Waals surface area (Å²) in [5.41, 5.74) is 0. The Bertz CT molecular complexity index is 302. The Morgan fingerprint density at radius 2 is 2.36 bits per heavy atom. The van der Waals surface area contributed by atoms with Crippen LogP contribution in [0.15, 0.2) is 21.2 Å². The first-order valence-electron chi connectivity index (χ1n) is 4.87. The quantitative estimate of drug-likeness (QED) is 0.905. The van der Waals surface area contributed by atoms with Crippen LogP contribution in [0.4, 0.5) is 4.39 Å². The fraction of sp³-hybridized carbons (Fsp3) is 0.600. The van der Waals surface area contributed by atoms with E-state index in [-0.39, 0.29) is 6.04 Å². The highest BCUT2D eigenvalue weighted by Crippen LogP contribution is 2.22. The molecular formula is C10H13BrFNO. The lowest BCUT2D eigenvalue weighted by Crippen LogP contribution is -2.32. The van der Waals surface area contributed by atoms with E-state index in [0.717, 1.165) is 23.3 Å². The predicted octanol–water partition coefficient (Wildman–Crippen LogP) is 3.02. The highest BCUT2D eigenvalue weighted by molar-refractivity contribution is 9.10. The molecule has 2 unspecified atom stereocenters. The molecule has 0 radical (unpaired) electrons. The standard InChI is InChI=1S/C10H13BrFNO/c11-10-5-4-7(14-10)6-13-9-3-1-2-8(9)12/h4-5,8-9,13H,1-3,6H2. The normalized spacial score (nSPS) is 27.0. The number of alkyl halides is 1. The van der Waals surface area contributed by atoms with Gasteiger partial charge in [0.1, 0.15) is 11.9 Å². The molecule has 2 rings (SSSR count). The predicted molar refractivity (Wildman–Crippen MR) is 55.8 cm³/mol. The van der Waals surface area contributed by atoms with E-state index in [1.807, 2.05) is 12.1 Å². The molecular weight excluding hydrogens is 249 g/mol. The molecule has 1 saturated carbocycles. The first-order valence-corrected chi connectivity index (χ1v) is 5.66. The number of nitrogens with one attached hydrogen (secondary N) is 1. The summed E-state index contributed by atoms with van der Waals surface area (Å²) in [7, 11) is 0. The molecule has 0 aromatic carbocycles. The summed E-state index contributed by atoms with van der Waals surface area (Å²) in [4.78, 5) is 0. The third-order valence-electron chi connectivity index (χ3n) is 2.60. The second-order valence-corrected chi connectivity index (χ2v) is 4.42. The van der Waals surface area contributed by atoms with E-state index >= 15 is 0 Å². The van der Waals surface area contributed by atoms with E-state index in [1.165, 1.54) is 0 Å². The lowest BCUT2D eigenvalue weighted by molar-refractivity contribution is 0.274. The van der Waals surface area contributed by atoms with Crippen molar-refractivity contribution in [3.05, 3.63) is 22.6 Å². The fourth-order valence-electron chi connectivity index (χ4n) is 1.82. The van der Waals surface area contributed by atoms with Crippen molar-refractivity contribution in [1.82, 2.24) is 5.32 Å². The zero-order valence-electron chi connectivity index (χ0n) is 7.80. The summed E-state index contributed by atoms with van der Waals surface area (Å²) < 4.78 is 19.2. The Morgan fingerprint density at radius 1 is 1.50 bits per heavy atom. The van der Waals surface area contributed by atoms with Crippen LogP contribution in [0.3, 0.4) is 0 Å². The molecule has 78 valence electrons. The third kappa shape index (κ3) is 2.36. The van der Waals surface area contributed by atoms with E-state index in [4.69, 9.17) is 4.42 Å². The first kappa shape index (κ1) is 10.2. The zero-order valence-corrected chi connectivity index (χ0v) is 9.39. The van der Waals surface area contributed by atoms with Crippen molar-refractivity contribution in [2.45, 2.75) is 38.0 Å². The lowest BCUT2D eigenvalue weighted by atomic mass is 10.2. The molecule has 1 aromatic heterocycles. The van der Waals surface area contributed by atoms with Crippen molar-refractivity contribution in [1.29, 1.82) is 0 Å². The minimum Gasteiger partial charge on any atom is -0.453 e. The smallest absolute Gasteiger partial charge is 0.169 e. The molecule has 1 fully saturated rings. The van der Waals surface area contributed by atoms with Crippen molar-refractivity contribution in [2.24, 2.45) is 0 Å². The molecule has 4 heteroatoms. The molecule has 1 heterocycles. The Morgan fingerprint density at radius 3 is 2.93 bits per heavy atom. The molecule has 1 aromatic rings. The van der Waals surface area contributed by atoms with Gasteiger partial charge in [-0.1, -0.05) is 0 Å². The maximum absolute atomic E-state index is 13.2. The van der Waals surface area contributed by atoms with Crippen LogP contribution in [0.25, 0.3) is 0 Å². The largest absolute Gasteiger partial charge is 0.453 e. The topological polar surface area (TPSA) is 25.2 Å². The van der Waals surface area contributed by atoms with E-state index in [2.05, 4.69) is 21.2 Å². The highest BCUT2D eigenvalue weighted by Gasteiger charge is 2.26. The van der Waals surface area contributed by atoms with Gasteiger partial charge in [0.25, 0.3) is 0 Å². The maximum Gasteiger partial charge on any atom is 0.169 e. The highest BCUT2D eigenvalue weighted by atomic mass is 79.9. The molecule has 14 heavy (non-hydrogen) atoms. The maximum atomic E-state index is 13.2. The third-order valence-corrected chi connectivity index (χ3v) is 3.03. The molecule has 0 amide bonds. The minimum atomic E-state index is -0.687. The second kappa shape index (κ2) is 4.45. The van der Waals surface area contributed by atoms with Gasteiger partial charge in [0, 0.05) is 6.04 Å². The van der Waals surface area contributed by atoms with Gasteiger partial charge < -0.3 is 9.73 Å².